The summed E-state index contributed by atoms with van der Waals surface area (Å²) < 4.78 is -1.75. The summed E-state index contributed by atoms with van der Waals surface area (Å²) in [5.41, 5.74) is 1.85. The minimum Gasteiger partial charge on any atom is -0.339 e. The maximum atomic E-state index is 11.8. The van der Waals surface area contributed by atoms with Crippen LogP contribution in [0.2, 0.25) is 0 Å². The molecule has 0 spiro atoms. The Morgan fingerprint density at radius 3 is 2.27 bits per heavy atom. The van der Waals surface area contributed by atoms with Crippen molar-refractivity contribution in [3.63, 3.8) is 0 Å². The number of rotatable bonds is 4. The average molecular weight is 383 g/mol. The summed E-state index contributed by atoms with van der Waals surface area (Å²) >= 11 is 22.9. The van der Waals surface area contributed by atoms with Gasteiger partial charge in [-0.15, -0.1) is 0 Å². The molecule has 0 radical (unpaired) electrons. The molecule has 122 valence electrons. The predicted molar refractivity (Wildman–Crippen MR) is 97.6 cm³/mol. The number of carbonyl (C=O) groups is 1. The van der Waals surface area contributed by atoms with Crippen LogP contribution in [-0.2, 0) is 4.79 Å². The van der Waals surface area contributed by atoms with Gasteiger partial charge in [0, 0.05) is 11.6 Å². The number of thiocarbonyl (C=S) groups is 1. The monoisotopic (exact) mass is 381 g/mol. The largest absolute Gasteiger partial charge is 0.339 e. The highest BCUT2D eigenvalue weighted by Gasteiger charge is 2.35. The Kier molecular flexibility index (Phi) is 7.19. The van der Waals surface area contributed by atoms with Gasteiger partial charge in [0.05, 0.1) is 0 Å². The number of amides is 1. The van der Waals surface area contributed by atoms with E-state index in [9.17, 15) is 4.79 Å². The second kappa shape index (κ2) is 8.20. The van der Waals surface area contributed by atoms with Crippen LogP contribution in [0.25, 0.3) is 0 Å². The fourth-order valence-corrected chi connectivity index (χ4v) is 2.07. The van der Waals surface area contributed by atoms with Gasteiger partial charge in [0.2, 0.25) is 9.70 Å². The molecule has 0 aromatic heterocycles. The summed E-state index contributed by atoms with van der Waals surface area (Å²) in [6, 6.07) is 7.62. The average Bonchev–Trinajstić information content (AvgIpc) is 2.39. The van der Waals surface area contributed by atoms with Crippen molar-refractivity contribution in [1.82, 2.24) is 10.6 Å². The third-order valence-electron chi connectivity index (χ3n) is 2.81. The van der Waals surface area contributed by atoms with Crippen LogP contribution >= 0.6 is 47.0 Å². The molecule has 0 aliphatic carbocycles. The first kappa shape index (κ1) is 19.3. The number of hydrogen-bond donors (Lipinski definition) is 3. The van der Waals surface area contributed by atoms with Crippen LogP contribution in [-0.4, -0.2) is 21.0 Å². The molecule has 0 aliphatic heterocycles. The lowest BCUT2D eigenvalue weighted by molar-refractivity contribution is -0.124. The summed E-state index contributed by atoms with van der Waals surface area (Å²) in [6.07, 6.45) is -0.948. The number of para-hydroxylation sites is 1. The van der Waals surface area contributed by atoms with Gasteiger partial charge in [0.1, 0.15) is 6.17 Å². The zero-order valence-electron chi connectivity index (χ0n) is 12.4. The summed E-state index contributed by atoms with van der Waals surface area (Å²) in [5.74, 6) is -0.489. The van der Waals surface area contributed by atoms with Crippen molar-refractivity contribution in [1.29, 1.82) is 0 Å². The van der Waals surface area contributed by atoms with Gasteiger partial charge in [-0.05, 0) is 30.8 Å². The first-order valence-corrected chi connectivity index (χ1v) is 8.15. The molecule has 0 saturated heterocycles. The first-order chi connectivity index (χ1) is 10.1. The molecule has 1 rings (SSSR count). The van der Waals surface area contributed by atoms with Crippen molar-refractivity contribution in [2.24, 2.45) is 5.92 Å². The smallest absolute Gasteiger partial charge is 0.228 e. The van der Waals surface area contributed by atoms with Crippen LogP contribution in [0.1, 0.15) is 19.4 Å². The third-order valence-corrected chi connectivity index (χ3v) is 3.68. The molecule has 0 saturated carbocycles. The van der Waals surface area contributed by atoms with Gasteiger partial charge in [-0.25, -0.2) is 0 Å². The topological polar surface area (TPSA) is 53.2 Å². The van der Waals surface area contributed by atoms with E-state index in [1.807, 2.05) is 31.2 Å². The van der Waals surface area contributed by atoms with E-state index >= 15 is 0 Å². The lowest BCUT2D eigenvalue weighted by Gasteiger charge is -2.28. The highest BCUT2D eigenvalue weighted by atomic mass is 35.6. The van der Waals surface area contributed by atoms with Gasteiger partial charge in [-0.1, -0.05) is 66.8 Å². The van der Waals surface area contributed by atoms with Crippen molar-refractivity contribution in [2.75, 3.05) is 5.32 Å². The number of carbonyl (C=O) groups excluding carboxylic acids is 1. The van der Waals surface area contributed by atoms with Crippen molar-refractivity contribution in [3.05, 3.63) is 29.8 Å². The Morgan fingerprint density at radius 1 is 1.18 bits per heavy atom. The quantitative estimate of drug-likeness (QED) is 0.422. The van der Waals surface area contributed by atoms with Crippen molar-refractivity contribution in [3.8, 4) is 0 Å². The number of anilines is 1. The van der Waals surface area contributed by atoms with Crippen molar-refractivity contribution in [2.45, 2.75) is 30.7 Å². The van der Waals surface area contributed by atoms with Crippen molar-refractivity contribution >= 4 is 63.7 Å². The molecule has 0 fully saturated rings. The van der Waals surface area contributed by atoms with Gasteiger partial charge in [-0.3, -0.25) is 4.79 Å². The van der Waals surface area contributed by atoms with Gasteiger partial charge >= 0.3 is 0 Å². The normalized spacial score (nSPS) is 12.7. The lowest BCUT2D eigenvalue weighted by Crippen LogP contribution is -2.56. The fraction of sp³-hybridized carbons (Fsp3) is 0.429. The molecule has 1 atom stereocenters. The Bertz CT molecular complexity index is 546. The highest BCUT2D eigenvalue weighted by molar-refractivity contribution is 7.80. The molecular formula is C14H18Cl3N3OS. The van der Waals surface area contributed by atoms with E-state index in [1.165, 1.54) is 0 Å². The van der Waals surface area contributed by atoms with Crippen LogP contribution in [0.4, 0.5) is 5.69 Å². The summed E-state index contributed by atoms with van der Waals surface area (Å²) in [5, 5.41) is 8.68. The molecule has 0 heterocycles. The Labute approximate surface area is 150 Å². The number of hydrogen-bond acceptors (Lipinski definition) is 2. The van der Waals surface area contributed by atoms with Crippen LogP contribution in [0.3, 0.4) is 0 Å². The van der Waals surface area contributed by atoms with E-state index in [1.54, 1.807) is 13.8 Å². The minimum atomic E-state index is -1.75. The summed E-state index contributed by atoms with van der Waals surface area (Å²) in [6.45, 7) is 5.43. The highest BCUT2D eigenvalue weighted by Crippen LogP contribution is 2.29. The van der Waals surface area contributed by atoms with E-state index in [0.29, 0.717) is 0 Å². The molecule has 1 amide bonds. The zero-order valence-corrected chi connectivity index (χ0v) is 15.5. The van der Waals surface area contributed by atoms with E-state index in [0.717, 1.165) is 11.3 Å². The Morgan fingerprint density at radius 2 is 1.77 bits per heavy atom. The molecule has 22 heavy (non-hydrogen) atoms. The second-order valence-electron chi connectivity index (χ2n) is 5.05. The van der Waals surface area contributed by atoms with Crippen LogP contribution in [0.15, 0.2) is 24.3 Å². The minimum absolute atomic E-state index is 0.241. The maximum Gasteiger partial charge on any atom is 0.228 e. The molecule has 0 unspecified atom stereocenters. The van der Waals surface area contributed by atoms with Crippen LogP contribution in [0.5, 0.6) is 0 Å². The van der Waals surface area contributed by atoms with E-state index in [-0.39, 0.29) is 16.9 Å². The van der Waals surface area contributed by atoms with Crippen LogP contribution in [0, 0.1) is 12.8 Å². The predicted octanol–water partition coefficient (Wildman–Crippen LogP) is 3.75. The van der Waals surface area contributed by atoms with Gasteiger partial charge < -0.3 is 16.0 Å². The molecule has 4 nitrogen and oxygen atoms in total. The van der Waals surface area contributed by atoms with Crippen molar-refractivity contribution < 1.29 is 4.79 Å². The Balaban J connectivity index is 2.75. The number of alkyl halides is 3. The molecule has 0 aliphatic rings. The van der Waals surface area contributed by atoms with Gasteiger partial charge in [0.15, 0.2) is 5.11 Å². The number of aryl methyl sites for hydroxylation is 1. The lowest BCUT2D eigenvalue weighted by atomic mass is 10.2. The molecular weight excluding hydrogens is 365 g/mol. The number of nitrogens with one attached hydrogen (secondary N) is 3. The third kappa shape index (κ3) is 6.16. The second-order valence-corrected chi connectivity index (χ2v) is 7.83. The van der Waals surface area contributed by atoms with Crippen LogP contribution < -0.4 is 16.0 Å². The first-order valence-electron chi connectivity index (χ1n) is 6.61. The molecule has 8 heteroatoms. The van der Waals surface area contributed by atoms with Gasteiger partial charge in [0.25, 0.3) is 0 Å². The SMILES string of the molecule is Cc1ccccc1NC(=S)N[C@@H](NC(=O)C(C)C)C(Cl)(Cl)Cl. The van der Waals surface area contributed by atoms with E-state index < -0.39 is 9.96 Å². The zero-order chi connectivity index (χ0) is 16.9. The Hall–Kier alpha value is -0.750. The van der Waals surface area contributed by atoms with Gasteiger partial charge in [-0.2, -0.15) is 0 Å². The molecule has 0 bridgehead atoms. The standard InChI is InChI=1S/C14H18Cl3N3OS/c1-8(2)11(21)19-12(14(15,16)17)20-13(22)18-10-7-5-4-6-9(10)3/h4-8,12H,1-3H3,(H,19,21)(H2,18,20,22)/t12-/m1/s1. The summed E-state index contributed by atoms with van der Waals surface area (Å²) in [4.78, 5) is 11.8. The molecule has 1 aromatic rings. The maximum absolute atomic E-state index is 11.8. The molecule has 1 aromatic carbocycles. The van der Waals surface area contributed by atoms with E-state index in [4.69, 9.17) is 47.0 Å². The van der Waals surface area contributed by atoms with E-state index in [2.05, 4.69) is 16.0 Å². The number of halogens is 3. The molecule has 3 N–H and O–H groups in total. The fourth-order valence-electron chi connectivity index (χ4n) is 1.51. The number of benzene rings is 1. The summed E-state index contributed by atoms with van der Waals surface area (Å²) in [7, 11) is 0.